The highest BCUT2D eigenvalue weighted by Crippen LogP contribution is 2.47. The highest BCUT2D eigenvalue weighted by molar-refractivity contribution is 5.96. The number of benzene rings is 1. The molecule has 0 spiro atoms. The van der Waals surface area contributed by atoms with Crippen LogP contribution in [0.25, 0.3) is 0 Å². The summed E-state index contributed by atoms with van der Waals surface area (Å²) in [4.78, 5) is 28.5. The number of hydrogen-bond donors (Lipinski definition) is 3. The Labute approximate surface area is 195 Å². The molecule has 4 rings (SSSR count). The lowest BCUT2D eigenvalue weighted by Crippen LogP contribution is -2.58. The first-order valence-electron chi connectivity index (χ1n) is 12.4. The van der Waals surface area contributed by atoms with Crippen LogP contribution in [0.4, 0.5) is 0 Å². The number of unbranched alkanes of at least 4 members (excludes halogenated alkanes) is 1. The van der Waals surface area contributed by atoms with Gasteiger partial charge in [0.1, 0.15) is 18.0 Å². The molecule has 1 aromatic rings. The summed E-state index contributed by atoms with van der Waals surface area (Å²) in [6.07, 6.45) is 7.48. The lowest BCUT2D eigenvalue weighted by atomic mass is 9.76. The van der Waals surface area contributed by atoms with Crippen LogP contribution < -0.4 is 10.1 Å². The maximum Gasteiger partial charge on any atom is 0.247 e. The van der Waals surface area contributed by atoms with E-state index in [4.69, 9.17) is 4.74 Å². The number of fused-ring (bicyclic) bond motifs is 3. The van der Waals surface area contributed by atoms with Gasteiger partial charge in [-0.3, -0.25) is 9.59 Å². The zero-order chi connectivity index (χ0) is 23.4. The number of para-hydroxylation sites is 1. The summed E-state index contributed by atoms with van der Waals surface area (Å²) < 4.78 is 6.18. The Morgan fingerprint density at radius 2 is 1.94 bits per heavy atom. The van der Waals surface area contributed by atoms with E-state index in [2.05, 4.69) is 12.2 Å². The van der Waals surface area contributed by atoms with Gasteiger partial charge in [-0.1, -0.05) is 50.8 Å². The zero-order valence-corrected chi connectivity index (χ0v) is 19.4. The Morgan fingerprint density at radius 3 is 2.67 bits per heavy atom. The topological polar surface area (TPSA) is 99.1 Å². The third-order valence-corrected chi connectivity index (χ3v) is 7.20. The van der Waals surface area contributed by atoms with E-state index in [1.54, 1.807) is 6.08 Å². The van der Waals surface area contributed by atoms with E-state index < -0.39 is 24.2 Å². The minimum Gasteiger partial charge on any atom is -0.486 e. The van der Waals surface area contributed by atoms with E-state index in [0.717, 1.165) is 50.5 Å². The summed E-state index contributed by atoms with van der Waals surface area (Å²) in [6.45, 7) is 2.05. The summed E-state index contributed by atoms with van der Waals surface area (Å²) >= 11 is 0. The van der Waals surface area contributed by atoms with Crippen molar-refractivity contribution in [2.75, 3.05) is 13.2 Å². The van der Waals surface area contributed by atoms with E-state index in [0.29, 0.717) is 17.7 Å². The van der Waals surface area contributed by atoms with Crippen molar-refractivity contribution in [3.05, 3.63) is 41.5 Å². The molecule has 0 aromatic heterocycles. The van der Waals surface area contributed by atoms with Crippen LogP contribution in [-0.4, -0.2) is 64.4 Å². The van der Waals surface area contributed by atoms with E-state index in [9.17, 15) is 19.8 Å². The van der Waals surface area contributed by atoms with Crippen LogP contribution >= 0.6 is 0 Å². The van der Waals surface area contributed by atoms with Crippen molar-refractivity contribution in [3.8, 4) is 5.75 Å². The molecule has 1 heterocycles. The number of carbonyl (C=O) groups excluding carboxylic acids is 2. The molecule has 7 nitrogen and oxygen atoms in total. The number of nitrogens with one attached hydrogen (secondary N) is 1. The Bertz CT molecular complexity index is 879. The van der Waals surface area contributed by atoms with Crippen molar-refractivity contribution in [1.82, 2.24) is 10.2 Å². The highest BCUT2D eigenvalue weighted by Gasteiger charge is 2.51. The number of carbonyl (C=O) groups is 2. The van der Waals surface area contributed by atoms with Crippen LogP contribution in [0, 0.1) is 0 Å². The number of aliphatic hydroxyl groups excluding tert-OH is 2. The Hall–Kier alpha value is -2.38. The molecular weight excluding hydrogens is 420 g/mol. The number of hydrogen-bond acceptors (Lipinski definition) is 5. The molecule has 7 heteroatoms. The fraction of sp³-hybridized carbons (Fsp3) is 0.615. The molecule has 3 aliphatic rings. The molecule has 1 aliphatic heterocycles. The normalized spacial score (nSPS) is 26.6. The lowest BCUT2D eigenvalue weighted by Gasteiger charge is -2.45. The molecule has 1 aromatic carbocycles. The van der Waals surface area contributed by atoms with Crippen LogP contribution in [-0.2, 0) is 9.59 Å². The standard InChI is InChI=1S/C26H36N2O5/c1-2-3-13-22(30)28(17-9-5-4-6-10-17)20-16-19(26(32)27-14-15-29)23-18-11-7-8-12-21(18)33-25(23)24(20)31/h7-8,11-12,16-17,20,23-25,29,31H,2-6,9-10,13-15H2,1H3,(H,27,32)/t20-,23+,24+,25+/m1/s1. The first-order chi connectivity index (χ1) is 16.1. The van der Waals surface area contributed by atoms with Crippen LogP contribution in [0.2, 0.25) is 0 Å². The third kappa shape index (κ3) is 4.80. The number of rotatable bonds is 8. The lowest BCUT2D eigenvalue weighted by molar-refractivity contribution is -0.141. The van der Waals surface area contributed by atoms with E-state index in [-0.39, 0.29) is 31.0 Å². The number of aliphatic hydroxyl groups is 2. The summed E-state index contributed by atoms with van der Waals surface area (Å²) in [6, 6.07) is 6.98. The van der Waals surface area contributed by atoms with Gasteiger partial charge in [-0.25, -0.2) is 0 Å². The van der Waals surface area contributed by atoms with Crippen molar-refractivity contribution in [2.24, 2.45) is 0 Å². The van der Waals surface area contributed by atoms with Gasteiger partial charge in [0, 0.05) is 30.1 Å². The predicted octanol–water partition coefficient (Wildman–Crippen LogP) is 2.66. The molecule has 180 valence electrons. The summed E-state index contributed by atoms with van der Waals surface area (Å²) in [7, 11) is 0. The molecule has 0 bridgehead atoms. The van der Waals surface area contributed by atoms with Gasteiger partial charge in [0.05, 0.1) is 18.6 Å². The van der Waals surface area contributed by atoms with Gasteiger partial charge in [-0.05, 0) is 31.4 Å². The predicted molar refractivity (Wildman–Crippen MR) is 125 cm³/mol. The van der Waals surface area contributed by atoms with Gasteiger partial charge < -0.3 is 25.2 Å². The maximum atomic E-state index is 13.4. The minimum absolute atomic E-state index is 0.0353. The molecule has 0 saturated heterocycles. The maximum absolute atomic E-state index is 13.4. The Balaban J connectivity index is 1.73. The summed E-state index contributed by atoms with van der Waals surface area (Å²) in [5.41, 5.74) is 1.37. The first-order valence-corrected chi connectivity index (χ1v) is 12.4. The van der Waals surface area contributed by atoms with Crippen molar-refractivity contribution in [3.63, 3.8) is 0 Å². The average Bonchev–Trinajstić information content (AvgIpc) is 3.23. The molecule has 4 atom stereocenters. The number of amides is 2. The van der Waals surface area contributed by atoms with Crippen molar-refractivity contribution >= 4 is 11.8 Å². The molecule has 1 saturated carbocycles. The molecule has 1 fully saturated rings. The molecule has 33 heavy (non-hydrogen) atoms. The van der Waals surface area contributed by atoms with E-state index in [1.807, 2.05) is 29.2 Å². The van der Waals surface area contributed by atoms with E-state index in [1.165, 1.54) is 0 Å². The molecule has 0 unspecified atom stereocenters. The van der Waals surface area contributed by atoms with Crippen LogP contribution in [0.1, 0.15) is 69.8 Å². The van der Waals surface area contributed by atoms with Crippen molar-refractivity contribution in [2.45, 2.75) is 88.5 Å². The quantitative estimate of drug-likeness (QED) is 0.559. The zero-order valence-electron chi connectivity index (χ0n) is 19.4. The first kappa shape index (κ1) is 23.8. The van der Waals surface area contributed by atoms with Gasteiger partial charge in [-0.2, -0.15) is 0 Å². The van der Waals surface area contributed by atoms with Crippen molar-refractivity contribution in [1.29, 1.82) is 0 Å². The summed E-state index contributed by atoms with van der Waals surface area (Å²) in [5, 5.41) is 23.5. The summed E-state index contributed by atoms with van der Waals surface area (Å²) in [5.74, 6) is -0.00587. The number of nitrogens with zero attached hydrogens (tertiary/aromatic N) is 1. The van der Waals surface area contributed by atoms with Crippen LogP contribution in [0.3, 0.4) is 0 Å². The smallest absolute Gasteiger partial charge is 0.247 e. The minimum atomic E-state index is -0.940. The Morgan fingerprint density at radius 1 is 1.18 bits per heavy atom. The molecular formula is C26H36N2O5. The van der Waals surface area contributed by atoms with Gasteiger partial charge >= 0.3 is 0 Å². The SMILES string of the molecule is CCCCC(=O)N(C1CCCCC1)[C@@H]1C=C(C(=O)NCCO)[C@@H]2c3ccccc3O[C@@H]2[C@H]1O. The molecule has 2 amide bonds. The van der Waals surface area contributed by atoms with Crippen molar-refractivity contribution < 1.29 is 24.5 Å². The van der Waals surface area contributed by atoms with Gasteiger partial charge in [0.2, 0.25) is 11.8 Å². The molecule has 3 N–H and O–H groups in total. The monoisotopic (exact) mass is 456 g/mol. The molecule has 2 aliphatic carbocycles. The fourth-order valence-corrected chi connectivity index (χ4v) is 5.59. The fourth-order valence-electron chi connectivity index (χ4n) is 5.59. The number of ether oxygens (including phenoxy) is 1. The highest BCUT2D eigenvalue weighted by atomic mass is 16.5. The van der Waals surface area contributed by atoms with Crippen LogP contribution in [0.15, 0.2) is 35.9 Å². The Kier molecular flexibility index (Phi) is 7.71. The van der Waals surface area contributed by atoms with Gasteiger partial charge in [0.25, 0.3) is 0 Å². The second-order valence-electron chi connectivity index (χ2n) is 9.38. The third-order valence-electron chi connectivity index (χ3n) is 7.20. The van der Waals surface area contributed by atoms with Crippen LogP contribution in [0.5, 0.6) is 5.75 Å². The van der Waals surface area contributed by atoms with Gasteiger partial charge in [0.15, 0.2) is 0 Å². The van der Waals surface area contributed by atoms with Gasteiger partial charge in [-0.15, -0.1) is 0 Å². The second-order valence-corrected chi connectivity index (χ2v) is 9.38. The van der Waals surface area contributed by atoms with E-state index >= 15 is 0 Å². The second kappa shape index (κ2) is 10.7. The average molecular weight is 457 g/mol. The largest absolute Gasteiger partial charge is 0.486 e. The molecule has 0 radical (unpaired) electrons.